The number of carbonyl (C=O) groups excluding carboxylic acids is 1. The van der Waals surface area contributed by atoms with E-state index in [-0.39, 0.29) is 11.6 Å². The zero-order valence-electron chi connectivity index (χ0n) is 12.3. The molecule has 1 N–H and O–H groups in total. The number of amides is 1. The van der Waals surface area contributed by atoms with Crippen LogP contribution in [0, 0.1) is 41.4 Å². The predicted octanol–water partition coefficient (Wildman–Crippen LogP) is 3.19. The van der Waals surface area contributed by atoms with Crippen LogP contribution in [0.5, 0.6) is 0 Å². The summed E-state index contributed by atoms with van der Waals surface area (Å²) in [4.78, 5) is 12.1. The van der Waals surface area contributed by atoms with Crippen LogP contribution in [-0.4, -0.2) is 18.2 Å². The van der Waals surface area contributed by atoms with Crippen molar-refractivity contribution in [3.63, 3.8) is 0 Å². The molecule has 0 heterocycles. The van der Waals surface area contributed by atoms with E-state index in [0.717, 1.165) is 41.4 Å². The van der Waals surface area contributed by atoms with Crippen molar-refractivity contribution in [2.75, 3.05) is 6.61 Å². The Morgan fingerprint density at radius 2 is 1.70 bits per heavy atom. The molecule has 0 aromatic rings. The third-order valence-electron chi connectivity index (χ3n) is 7.68. The quantitative estimate of drug-likeness (QED) is 0.840. The van der Waals surface area contributed by atoms with Gasteiger partial charge in [-0.15, -0.1) is 0 Å². The van der Waals surface area contributed by atoms with E-state index in [9.17, 15) is 4.79 Å². The minimum atomic E-state index is -0.153. The van der Waals surface area contributed by atoms with E-state index in [1.54, 1.807) is 0 Å². The van der Waals surface area contributed by atoms with Gasteiger partial charge in [0.25, 0.3) is 0 Å². The fourth-order valence-corrected chi connectivity index (χ4v) is 7.55. The molecule has 3 heteroatoms. The summed E-state index contributed by atoms with van der Waals surface area (Å²) in [5.41, 5.74) is 0.121. The molecule has 1 amide bonds. The largest absolute Gasteiger partial charge is 0.450 e. The first-order chi connectivity index (χ1) is 9.71. The Kier molecular flexibility index (Phi) is 2.21. The molecule has 4 atom stereocenters. The number of nitrogens with one attached hydrogen (secondary N) is 1. The molecule has 7 saturated carbocycles. The van der Waals surface area contributed by atoms with Gasteiger partial charge in [0, 0.05) is 5.54 Å². The van der Waals surface area contributed by atoms with Crippen LogP contribution < -0.4 is 5.32 Å². The summed E-state index contributed by atoms with van der Waals surface area (Å²) < 4.78 is 5.23. The SMILES string of the molecule is CCOC(=O)NC12CC3CC4C5CC(CC41)CC2C5C3. The van der Waals surface area contributed by atoms with Crippen molar-refractivity contribution in [3.05, 3.63) is 0 Å². The zero-order chi connectivity index (χ0) is 13.5. The minimum absolute atomic E-state index is 0.121. The van der Waals surface area contributed by atoms with Crippen molar-refractivity contribution in [2.24, 2.45) is 41.4 Å². The van der Waals surface area contributed by atoms with Gasteiger partial charge >= 0.3 is 6.09 Å². The fraction of sp³-hybridized carbons (Fsp3) is 0.941. The maximum Gasteiger partial charge on any atom is 0.407 e. The molecule has 110 valence electrons. The Bertz CT molecular complexity index is 438. The number of hydrogen-bond acceptors (Lipinski definition) is 2. The Balaban J connectivity index is 1.54. The Morgan fingerprint density at radius 3 is 2.35 bits per heavy atom. The van der Waals surface area contributed by atoms with Crippen molar-refractivity contribution in [1.29, 1.82) is 0 Å². The molecular weight excluding hydrogens is 250 g/mol. The lowest BCUT2D eigenvalue weighted by molar-refractivity contribution is -0.223. The van der Waals surface area contributed by atoms with E-state index in [1.807, 2.05) is 6.92 Å². The van der Waals surface area contributed by atoms with Crippen molar-refractivity contribution < 1.29 is 9.53 Å². The topological polar surface area (TPSA) is 38.3 Å². The van der Waals surface area contributed by atoms with E-state index >= 15 is 0 Å². The van der Waals surface area contributed by atoms with Crippen LogP contribution in [0.3, 0.4) is 0 Å². The second-order valence-electron chi connectivity index (χ2n) is 8.21. The van der Waals surface area contributed by atoms with E-state index in [1.165, 1.54) is 38.5 Å². The van der Waals surface area contributed by atoms with Crippen LogP contribution in [0.25, 0.3) is 0 Å². The molecule has 3 nitrogen and oxygen atoms in total. The molecule has 7 aliphatic carbocycles. The molecule has 20 heavy (non-hydrogen) atoms. The summed E-state index contributed by atoms with van der Waals surface area (Å²) >= 11 is 0. The summed E-state index contributed by atoms with van der Waals surface area (Å²) in [5, 5.41) is 3.41. The van der Waals surface area contributed by atoms with E-state index in [2.05, 4.69) is 5.32 Å². The summed E-state index contributed by atoms with van der Waals surface area (Å²) in [6.07, 6.45) is 8.26. The number of carbonyl (C=O) groups is 1. The van der Waals surface area contributed by atoms with Crippen molar-refractivity contribution >= 4 is 6.09 Å². The lowest BCUT2D eigenvalue weighted by Gasteiger charge is -2.74. The first-order valence-corrected chi connectivity index (χ1v) is 8.66. The molecule has 0 aliphatic heterocycles. The normalized spacial score (nSPS) is 57.1. The van der Waals surface area contributed by atoms with Crippen LogP contribution in [0.15, 0.2) is 0 Å². The smallest absolute Gasteiger partial charge is 0.407 e. The third-order valence-corrected chi connectivity index (χ3v) is 7.68. The Morgan fingerprint density at radius 1 is 1.05 bits per heavy atom. The van der Waals surface area contributed by atoms with Gasteiger partial charge in [0.1, 0.15) is 0 Å². The second kappa shape index (κ2) is 3.72. The van der Waals surface area contributed by atoms with Crippen molar-refractivity contribution in [2.45, 2.75) is 51.0 Å². The molecule has 0 saturated heterocycles. The van der Waals surface area contributed by atoms with E-state index in [0.29, 0.717) is 6.61 Å². The van der Waals surface area contributed by atoms with Gasteiger partial charge in [0.15, 0.2) is 0 Å². The van der Waals surface area contributed by atoms with Gasteiger partial charge in [0.2, 0.25) is 0 Å². The second-order valence-corrected chi connectivity index (χ2v) is 8.21. The molecule has 0 radical (unpaired) electrons. The lowest BCUT2D eigenvalue weighted by atomic mass is 9.33. The highest BCUT2D eigenvalue weighted by atomic mass is 16.5. The first kappa shape index (κ1) is 11.9. The number of rotatable bonds is 2. The molecule has 8 bridgehead atoms. The van der Waals surface area contributed by atoms with Gasteiger partial charge < -0.3 is 10.1 Å². The van der Waals surface area contributed by atoms with Gasteiger partial charge in [-0.05, 0) is 86.9 Å². The lowest BCUT2D eigenvalue weighted by Crippen LogP contribution is -2.76. The van der Waals surface area contributed by atoms with Crippen LogP contribution in [0.4, 0.5) is 4.79 Å². The number of alkyl carbamates (subject to hydrolysis) is 1. The van der Waals surface area contributed by atoms with Crippen LogP contribution in [0.2, 0.25) is 0 Å². The molecule has 7 rings (SSSR count). The Labute approximate surface area is 120 Å². The highest BCUT2D eigenvalue weighted by molar-refractivity contribution is 5.68. The molecule has 0 aromatic carbocycles. The highest BCUT2D eigenvalue weighted by Crippen LogP contribution is 2.72. The van der Waals surface area contributed by atoms with Crippen molar-refractivity contribution in [1.82, 2.24) is 5.32 Å². The molecule has 4 unspecified atom stereocenters. The first-order valence-electron chi connectivity index (χ1n) is 8.66. The van der Waals surface area contributed by atoms with Gasteiger partial charge in [0.05, 0.1) is 6.61 Å². The maximum absolute atomic E-state index is 12.1. The monoisotopic (exact) mass is 275 g/mol. The van der Waals surface area contributed by atoms with E-state index < -0.39 is 0 Å². The van der Waals surface area contributed by atoms with Gasteiger partial charge in [-0.2, -0.15) is 0 Å². The van der Waals surface area contributed by atoms with Crippen LogP contribution in [-0.2, 0) is 4.74 Å². The minimum Gasteiger partial charge on any atom is -0.450 e. The summed E-state index contributed by atoms with van der Waals surface area (Å²) in [7, 11) is 0. The fourth-order valence-electron chi connectivity index (χ4n) is 7.55. The molecule has 7 fully saturated rings. The summed E-state index contributed by atoms with van der Waals surface area (Å²) in [5.74, 6) is 6.22. The van der Waals surface area contributed by atoms with Gasteiger partial charge in [-0.25, -0.2) is 4.79 Å². The standard InChI is InChI=1S/C17H25NO2/c1-2-20-16(19)18-17-8-10-4-12-11-3-9(6-14(12)17)7-15(17)13(11)5-10/h9-15H,2-8H2,1H3,(H,18,19). The van der Waals surface area contributed by atoms with E-state index in [4.69, 9.17) is 4.74 Å². The van der Waals surface area contributed by atoms with Gasteiger partial charge in [-0.1, -0.05) is 0 Å². The molecule has 0 aromatic heterocycles. The van der Waals surface area contributed by atoms with Crippen LogP contribution >= 0.6 is 0 Å². The maximum atomic E-state index is 12.1. The third kappa shape index (κ3) is 1.26. The number of ether oxygens (including phenoxy) is 1. The molecular formula is C17H25NO2. The Hall–Kier alpha value is -0.730. The summed E-state index contributed by atoms with van der Waals surface area (Å²) in [6.45, 7) is 2.38. The highest BCUT2D eigenvalue weighted by Gasteiger charge is 2.70. The van der Waals surface area contributed by atoms with Gasteiger partial charge in [-0.3, -0.25) is 0 Å². The molecule has 7 aliphatic rings. The van der Waals surface area contributed by atoms with Crippen LogP contribution in [0.1, 0.15) is 45.4 Å². The zero-order valence-corrected chi connectivity index (χ0v) is 12.3. The average molecular weight is 275 g/mol. The predicted molar refractivity (Wildman–Crippen MR) is 75.0 cm³/mol. The number of hydrogen-bond donors (Lipinski definition) is 1. The molecule has 0 spiro atoms. The summed E-state index contributed by atoms with van der Waals surface area (Å²) in [6, 6.07) is 0. The van der Waals surface area contributed by atoms with Crippen molar-refractivity contribution in [3.8, 4) is 0 Å². The average Bonchev–Trinajstić information content (AvgIpc) is 2.44.